The zero-order valence-corrected chi connectivity index (χ0v) is 15.7. The van der Waals surface area contributed by atoms with Crippen molar-refractivity contribution >= 4 is 34.7 Å². The fraction of sp³-hybridized carbons (Fsp3) is 0.158. The summed E-state index contributed by atoms with van der Waals surface area (Å²) >= 11 is 0. The van der Waals surface area contributed by atoms with Crippen LogP contribution in [0.5, 0.6) is 11.5 Å². The molecule has 2 aromatic carbocycles. The molecule has 3 rings (SSSR count). The number of rotatable bonds is 7. The Bertz CT molecular complexity index is 979. The minimum Gasteiger partial charge on any atom is -0.497 e. The lowest BCUT2D eigenvalue weighted by Gasteiger charge is -2.12. The van der Waals surface area contributed by atoms with Crippen molar-refractivity contribution in [2.24, 2.45) is 0 Å². The molecule has 1 heterocycles. The van der Waals surface area contributed by atoms with Gasteiger partial charge in [-0.2, -0.15) is 10.1 Å². The average molecular weight is 380 g/mol. The van der Waals surface area contributed by atoms with Crippen molar-refractivity contribution in [3.05, 3.63) is 48.7 Å². The summed E-state index contributed by atoms with van der Waals surface area (Å²) in [7, 11) is 3.16. The second-order valence-electron chi connectivity index (χ2n) is 5.74. The van der Waals surface area contributed by atoms with Crippen LogP contribution in [0.15, 0.2) is 48.7 Å². The molecule has 0 saturated heterocycles. The smallest absolute Gasteiger partial charge is 0.249 e. The van der Waals surface area contributed by atoms with E-state index in [0.29, 0.717) is 28.7 Å². The summed E-state index contributed by atoms with van der Waals surface area (Å²) in [6.45, 7) is 1.46. The molecule has 0 spiro atoms. The molecule has 0 unspecified atom stereocenters. The Hall–Kier alpha value is -3.88. The molecule has 0 fully saturated rings. The first-order valence-corrected chi connectivity index (χ1v) is 8.41. The van der Waals surface area contributed by atoms with Crippen molar-refractivity contribution < 1.29 is 14.3 Å². The van der Waals surface area contributed by atoms with Gasteiger partial charge in [-0.25, -0.2) is 0 Å². The summed E-state index contributed by atoms with van der Waals surface area (Å²) in [6, 6.07) is 12.6. The van der Waals surface area contributed by atoms with Crippen LogP contribution < -0.4 is 25.4 Å². The second-order valence-corrected chi connectivity index (χ2v) is 5.74. The molecule has 144 valence electrons. The third-order valence-electron chi connectivity index (χ3n) is 3.67. The van der Waals surface area contributed by atoms with Crippen molar-refractivity contribution in [2.75, 3.05) is 30.2 Å². The predicted octanol–water partition coefficient (Wildman–Crippen LogP) is 3.33. The molecular formula is C19H20N6O3. The first-order valence-electron chi connectivity index (χ1n) is 8.41. The highest BCUT2D eigenvalue weighted by molar-refractivity contribution is 5.89. The third-order valence-corrected chi connectivity index (χ3v) is 3.67. The second kappa shape index (κ2) is 8.67. The maximum atomic E-state index is 11.2. The van der Waals surface area contributed by atoms with Crippen molar-refractivity contribution in [2.45, 2.75) is 6.92 Å². The molecule has 3 N–H and O–H groups in total. The normalized spacial score (nSPS) is 10.1. The Morgan fingerprint density at radius 1 is 1.00 bits per heavy atom. The third kappa shape index (κ3) is 4.85. The van der Waals surface area contributed by atoms with Crippen LogP contribution in [0, 0.1) is 0 Å². The van der Waals surface area contributed by atoms with Gasteiger partial charge in [-0.05, 0) is 30.3 Å². The Labute approximate surface area is 162 Å². The first-order chi connectivity index (χ1) is 13.6. The van der Waals surface area contributed by atoms with E-state index in [4.69, 9.17) is 9.47 Å². The number of amides is 1. The molecule has 0 saturated carbocycles. The molecule has 0 radical (unpaired) electrons. The van der Waals surface area contributed by atoms with Crippen molar-refractivity contribution in [3.8, 4) is 11.5 Å². The topological polar surface area (TPSA) is 110 Å². The first kappa shape index (κ1) is 18.9. The van der Waals surface area contributed by atoms with Crippen LogP contribution in [-0.4, -0.2) is 35.3 Å². The van der Waals surface area contributed by atoms with Crippen LogP contribution in [0.1, 0.15) is 6.92 Å². The molecular weight excluding hydrogens is 360 g/mol. The number of benzene rings is 2. The van der Waals surface area contributed by atoms with Crippen molar-refractivity contribution in [3.63, 3.8) is 0 Å². The van der Waals surface area contributed by atoms with E-state index < -0.39 is 0 Å². The highest BCUT2D eigenvalue weighted by Crippen LogP contribution is 2.30. The quantitative estimate of drug-likeness (QED) is 0.572. The van der Waals surface area contributed by atoms with Crippen LogP contribution in [0.4, 0.5) is 28.8 Å². The van der Waals surface area contributed by atoms with Gasteiger partial charge in [0.2, 0.25) is 11.9 Å². The molecule has 0 aliphatic carbocycles. The van der Waals surface area contributed by atoms with Gasteiger partial charge in [-0.15, -0.1) is 5.10 Å². The zero-order valence-electron chi connectivity index (χ0n) is 15.7. The molecule has 28 heavy (non-hydrogen) atoms. The summed E-state index contributed by atoms with van der Waals surface area (Å²) in [5, 5.41) is 16.9. The number of nitrogens with zero attached hydrogens (tertiary/aromatic N) is 3. The molecule has 0 atom stereocenters. The van der Waals surface area contributed by atoms with Gasteiger partial charge < -0.3 is 25.4 Å². The van der Waals surface area contributed by atoms with Gasteiger partial charge in [0.25, 0.3) is 0 Å². The monoisotopic (exact) mass is 380 g/mol. The van der Waals surface area contributed by atoms with E-state index in [9.17, 15) is 4.79 Å². The fourth-order valence-electron chi connectivity index (χ4n) is 2.47. The van der Waals surface area contributed by atoms with Crippen LogP contribution in [0.3, 0.4) is 0 Å². The number of nitrogens with one attached hydrogen (secondary N) is 3. The summed E-state index contributed by atoms with van der Waals surface area (Å²) in [4.78, 5) is 15.6. The SMILES string of the molecule is COc1ccc(OC)c(Nc2nncc(Nc3cccc(NC(C)=O)c3)n2)c1. The van der Waals surface area contributed by atoms with Crippen LogP contribution in [0.2, 0.25) is 0 Å². The van der Waals surface area contributed by atoms with Gasteiger partial charge >= 0.3 is 0 Å². The number of methoxy groups -OCH3 is 2. The number of hydrogen-bond acceptors (Lipinski definition) is 8. The van der Waals surface area contributed by atoms with Crippen LogP contribution in [0.25, 0.3) is 0 Å². The summed E-state index contributed by atoms with van der Waals surface area (Å²) in [5.41, 5.74) is 2.07. The van der Waals surface area contributed by atoms with Crippen molar-refractivity contribution in [1.29, 1.82) is 0 Å². The summed E-state index contributed by atoms with van der Waals surface area (Å²) in [6.07, 6.45) is 1.50. The Morgan fingerprint density at radius 2 is 1.82 bits per heavy atom. The summed E-state index contributed by atoms with van der Waals surface area (Å²) in [5.74, 6) is 1.92. The molecule has 3 aromatic rings. The van der Waals surface area contributed by atoms with E-state index >= 15 is 0 Å². The van der Waals surface area contributed by atoms with Gasteiger partial charge in [0.15, 0.2) is 5.82 Å². The zero-order chi connectivity index (χ0) is 19.9. The molecule has 9 heteroatoms. The highest BCUT2D eigenvalue weighted by atomic mass is 16.5. The lowest BCUT2D eigenvalue weighted by Crippen LogP contribution is -2.06. The number of aromatic nitrogens is 3. The molecule has 9 nitrogen and oxygen atoms in total. The van der Waals surface area contributed by atoms with E-state index in [1.807, 2.05) is 12.1 Å². The van der Waals surface area contributed by atoms with E-state index in [-0.39, 0.29) is 11.9 Å². The average Bonchev–Trinajstić information content (AvgIpc) is 2.68. The van der Waals surface area contributed by atoms with Crippen LogP contribution in [-0.2, 0) is 4.79 Å². The van der Waals surface area contributed by atoms with Gasteiger partial charge in [-0.3, -0.25) is 4.79 Å². The Balaban J connectivity index is 1.79. The lowest BCUT2D eigenvalue weighted by molar-refractivity contribution is -0.114. The molecule has 0 aliphatic rings. The standard InChI is InChI=1S/C19H20N6O3/c1-12(26)21-13-5-4-6-14(9-13)22-18-11-20-25-19(24-18)23-16-10-15(27-2)7-8-17(16)28-3/h4-11H,1-3H3,(H,21,26)(H2,22,23,24,25). The fourth-order valence-corrected chi connectivity index (χ4v) is 2.47. The van der Waals surface area contributed by atoms with E-state index in [1.165, 1.54) is 13.1 Å². The van der Waals surface area contributed by atoms with E-state index in [2.05, 4.69) is 31.1 Å². The van der Waals surface area contributed by atoms with Crippen molar-refractivity contribution in [1.82, 2.24) is 15.2 Å². The van der Waals surface area contributed by atoms with E-state index in [0.717, 1.165) is 5.69 Å². The Kier molecular flexibility index (Phi) is 5.85. The highest BCUT2D eigenvalue weighted by Gasteiger charge is 2.08. The van der Waals surface area contributed by atoms with Gasteiger partial charge in [0.1, 0.15) is 11.5 Å². The number of anilines is 5. The maximum Gasteiger partial charge on any atom is 0.249 e. The number of carbonyl (C=O) groups excluding carboxylic acids is 1. The maximum absolute atomic E-state index is 11.2. The minimum absolute atomic E-state index is 0.139. The largest absolute Gasteiger partial charge is 0.497 e. The molecule has 1 aromatic heterocycles. The number of hydrogen-bond donors (Lipinski definition) is 3. The van der Waals surface area contributed by atoms with Gasteiger partial charge in [-0.1, -0.05) is 6.07 Å². The number of carbonyl (C=O) groups is 1. The Morgan fingerprint density at radius 3 is 2.57 bits per heavy atom. The van der Waals surface area contributed by atoms with Crippen LogP contribution >= 0.6 is 0 Å². The predicted molar refractivity (Wildman–Crippen MR) is 107 cm³/mol. The molecule has 0 aliphatic heterocycles. The van der Waals surface area contributed by atoms with E-state index in [1.54, 1.807) is 44.6 Å². The van der Waals surface area contributed by atoms with Gasteiger partial charge in [0.05, 0.1) is 26.1 Å². The lowest BCUT2D eigenvalue weighted by atomic mass is 10.2. The summed E-state index contributed by atoms with van der Waals surface area (Å²) < 4.78 is 10.6. The number of ether oxygens (including phenoxy) is 2. The molecule has 0 bridgehead atoms. The van der Waals surface area contributed by atoms with Gasteiger partial charge in [0, 0.05) is 24.4 Å². The molecule has 1 amide bonds. The minimum atomic E-state index is -0.139.